The molecule has 1 aromatic carbocycles. The summed E-state index contributed by atoms with van der Waals surface area (Å²) in [5, 5.41) is 7.96. The third-order valence-electron chi connectivity index (χ3n) is 2.55. The number of benzene rings is 1. The first-order valence-corrected chi connectivity index (χ1v) is 9.44. The molecular formula is C11H10Cl2IN3O2S. The van der Waals surface area contributed by atoms with Crippen LogP contribution in [0.4, 0.5) is 0 Å². The van der Waals surface area contributed by atoms with Crippen molar-refractivity contribution in [3.8, 4) is 11.4 Å². The van der Waals surface area contributed by atoms with Crippen molar-refractivity contribution in [2.45, 2.75) is 25.0 Å². The summed E-state index contributed by atoms with van der Waals surface area (Å²) in [6, 6.07) is 5.31. The van der Waals surface area contributed by atoms with Crippen molar-refractivity contribution >= 4 is 53.9 Å². The molecule has 0 aliphatic heterocycles. The topological polar surface area (TPSA) is 64.8 Å². The molecule has 0 bridgehead atoms. The smallest absolute Gasteiger partial charge is 0.296 e. The first kappa shape index (κ1) is 16.0. The molecule has 0 atom stereocenters. The van der Waals surface area contributed by atoms with Crippen molar-refractivity contribution in [2.24, 2.45) is 0 Å². The van der Waals surface area contributed by atoms with Crippen LogP contribution in [-0.2, 0) is 15.6 Å². The second kappa shape index (κ2) is 6.17. The predicted octanol–water partition coefficient (Wildman–Crippen LogP) is 3.54. The molecule has 20 heavy (non-hydrogen) atoms. The van der Waals surface area contributed by atoms with Crippen LogP contribution in [-0.4, -0.2) is 23.2 Å². The van der Waals surface area contributed by atoms with Crippen LogP contribution in [0.25, 0.3) is 11.4 Å². The van der Waals surface area contributed by atoms with E-state index in [1.807, 2.05) is 13.0 Å². The van der Waals surface area contributed by atoms with Gasteiger partial charge in [-0.3, -0.25) is 4.57 Å². The van der Waals surface area contributed by atoms with Crippen LogP contribution in [0.15, 0.2) is 23.4 Å². The van der Waals surface area contributed by atoms with E-state index in [1.165, 1.54) is 4.57 Å². The molecule has 0 aliphatic carbocycles. The van der Waals surface area contributed by atoms with Crippen molar-refractivity contribution in [3.05, 3.63) is 26.8 Å². The van der Waals surface area contributed by atoms with Crippen LogP contribution in [0.2, 0.25) is 5.02 Å². The lowest BCUT2D eigenvalue weighted by Gasteiger charge is -2.09. The Morgan fingerprint density at radius 1 is 1.35 bits per heavy atom. The third kappa shape index (κ3) is 3.26. The molecular weight excluding hydrogens is 436 g/mol. The fourth-order valence-corrected chi connectivity index (χ4v) is 3.43. The zero-order valence-corrected chi connectivity index (χ0v) is 14.8. The third-order valence-corrected chi connectivity index (χ3v) is 4.88. The molecule has 5 nitrogen and oxygen atoms in total. The molecule has 0 saturated heterocycles. The molecule has 0 N–H and O–H groups in total. The van der Waals surface area contributed by atoms with E-state index in [0.717, 1.165) is 15.6 Å². The molecule has 1 aromatic heterocycles. The highest BCUT2D eigenvalue weighted by Gasteiger charge is 2.23. The zero-order chi connectivity index (χ0) is 14.9. The monoisotopic (exact) mass is 445 g/mol. The van der Waals surface area contributed by atoms with E-state index < -0.39 is 9.05 Å². The van der Waals surface area contributed by atoms with Gasteiger partial charge in [-0.05, 0) is 47.2 Å². The minimum Gasteiger partial charge on any atom is -0.297 e. The van der Waals surface area contributed by atoms with Gasteiger partial charge in [-0.15, -0.1) is 10.2 Å². The molecule has 9 heteroatoms. The van der Waals surface area contributed by atoms with Gasteiger partial charge in [0.25, 0.3) is 14.2 Å². The van der Waals surface area contributed by atoms with Gasteiger partial charge in [0.15, 0.2) is 5.82 Å². The highest BCUT2D eigenvalue weighted by atomic mass is 127. The molecule has 0 aliphatic rings. The average molecular weight is 446 g/mol. The highest BCUT2D eigenvalue weighted by Crippen LogP contribution is 2.29. The summed E-state index contributed by atoms with van der Waals surface area (Å²) >= 11 is 8.12. The molecule has 2 rings (SSSR count). The molecule has 0 unspecified atom stereocenters. The minimum atomic E-state index is -3.94. The SMILES string of the molecule is CCCn1c(-c2cc(Cl)ccc2I)nnc1S(=O)(=O)Cl. The van der Waals surface area contributed by atoms with Crippen LogP contribution < -0.4 is 0 Å². The number of nitrogens with zero attached hydrogens (tertiary/aromatic N) is 3. The van der Waals surface area contributed by atoms with Crippen molar-refractivity contribution in [1.82, 2.24) is 14.8 Å². The fourth-order valence-electron chi connectivity index (χ4n) is 1.76. The quantitative estimate of drug-likeness (QED) is 0.533. The molecule has 1 heterocycles. The van der Waals surface area contributed by atoms with E-state index >= 15 is 0 Å². The molecule has 2 aromatic rings. The standard InChI is InChI=1S/C11H10Cl2IN3O2S/c1-2-5-17-10(15-16-11(17)20(13,18)19)8-6-7(12)3-4-9(8)14/h3-4,6H,2,5H2,1H3. The van der Waals surface area contributed by atoms with E-state index in [-0.39, 0.29) is 5.16 Å². The Balaban J connectivity index is 2.69. The van der Waals surface area contributed by atoms with Crippen LogP contribution in [0.5, 0.6) is 0 Å². The first-order valence-electron chi connectivity index (χ1n) is 5.68. The van der Waals surface area contributed by atoms with E-state index in [9.17, 15) is 8.42 Å². The van der Waals surface area contributed by atoms with E-state index in [0.29, 0.717) is 17.4 Å². The molecule has 0 spiro atoms. The van der Waals surface area contributed by atoms with Crippen molar-refractivity contribution < 1.29 is 8.42 Å². The number of aromatic nitrogens is 3. The minimum absolute atomic E-state index is 0.244. The maximum Gasteiger partial charge on any atom is 0.296 e. The second-order valence-electron chi connectivity index (χ2n) is 4.02. The van der Waals surface area contributed by atoms with Crippen molar-refractivity contribution in [1.29, 1.82) is 0 Å². The number of rotatable bonds is 4. The summed E-state index contributed by atoms with van der Waals surface area (Å²) in [7, 11) is 1.45. The Kier molecular flexibility index (Phi) is 4.93. The van der Waals surface area contributed by atoms with Gasteiger partial charge in [-0.1, -0.05) is 18.5 Å². The van der Waals surface area contributed by atoms with E-state index in [1.54, 1.807) is 12.1 Å². The van der Waals surface area contributed by atoms with Gasteiger partial charge in [0.1, 0.15) is 0 Å². The van der Waals surface area contributed by atoms with Gasteiger partial charge in [0, 0.05) is 31.4 Å². The van der Waals surface area contributed by atoms with Gasteiger partial charge in [0.05, 0.1) is 0 Å². The van der Waals surface area contributed by atoms with Gasteiger partial charge in [-0.25, -0.2) is 8.42 Å². The lowest BCUT2D eigenvalue weighted by atomic mass is 10.2. The summed E-state index contributed by atoms with van der Waals surface area (Å²) in [6.45, 7) is 2.38. The van der Waals surface area contributed by atoms with Crippen LogP contribution in [0.3, 0.4) is 0 Å². The Bertz CT molecular complexity index is 746. The summed E-state index contributed by atoms with van der Waals surface area (Å²) in [6.07, 6.45) is 0.724. The van der Waals surface area contributed by atoms with Crippen LogP contribution in [0, 0.1) is 3.57 Å². The van der Waals surface area contributed by atoms with Gasteiger partial charge in [0.2, 0.25) is 0 Å². The lowest BCUT2D eigenvalue weighted by Crippen LogP contribution is -2.08. The Labute approximate surface area is 139 Å². The molecule has 0 saturated carbocycles. The number of hydrogen-bond acceptors (Lipinski definition) is 4. The zero-order valence-electron chi connectivity index (χ0n) is 10.3. The molecule has 108 valence electrons. The van der Waals surface area contributed by atoms with Crippen LogP contribution in [0.1, 0.15) is 13.3 Å². The fraction of sp³-hybridized carbons (Fsp3) is 0.273. The largest absolute Gasteiger partial charge is 0.297 e. The second-order valence-corrected chi connectivity index (χ2v) is 8.08. The first-order chi connectivity index (χ1) is 9.34. The summed E-state index contributed by atoms with van der Waals surface area (Å²) < 4.78 is 25.5. The number of hydrogen-bond donors (Lipinski definition) is 0. The molecule has 0 radical (unpaired) electrons. The van der Waals surface area contributed by atoms with Gasteiger partial charge >= 0.3 is 0 Å². The number of halogens is 3. The summed E-state index contributed by atoms with van der Waals surface area (Å²) in [5.74, 6) is 0.443. The van der Waals surface area contributed by atoms with Gasteiger partial charge < -0.3 is 0 Å². The average Bonchev–Trinajstić information content (AvgIpc) is 2.76. The Morgan fingerprint density at radius 3 is 2.65 bits per heavy atom. The van der Waals surface area contributed by atoms with E-state index in [4.69, 9.17) is 22.3 Å². The predicted molar refractivity (Wildman–Crippen MR) is 86.5 cm³/mol. The maximum absolute atomic E-state index is 11.5. The molecule has 0 amide bonds. The maximum atomic E-state index is 11.5. The highest BCUT2D eigenvalue weighted by molar-refractivity contribution is 14.1. The lowest BCUT2D eigenvalue weighted by molar-refractivity contribution is 0.570. The normalized spacial score (nSPS) is 11.8. The molecule has 0 fully saturated rings. The van der Waals surface area contributed by atoms with Crippen LogP contribution >= 0.6 is 44.9 Å². The van der Waals surface area contributed by atoms with Gasteiger partial charge in [-0.2, -0.15) is 0 Å². The van der Waals surface area contributed by atoms with E-state index in [2.05, 4.69) is 32.8 Å². The Morgan fingerprint density at radius 2 is 2.05 bits per heavy atom. The van der Waals surface area contributed by atoms with Crippen molar-refractivity contribution in [3.63, 3.8) is 0 Å². The summed E-state index contributed by atoms with van der Waals surface area (Å²) in [4.78, 5) is 0. The van der Waals surface area contributed by atoms with Crippen molar-refractivity contribution in [2.75, 3.05) is 0 Å². The Hall–Kier alpha value is -0.380. The summed E-state index contributed by atoms with van der Waals surface area (Å²) in [5.41, 5.74) is 0.727.